The molecule has 2 aromatic rings. The lowest BCUT2D eigenvalue weighted by Gasteiger charge is -2.21. The van der Waals surface area contributed by atoms with Gasteiger partial charge in [-0.3, -0.25) is 4.79 Å². The molecular formula is C21H27NO5S. The Morgan fingerprint density at radius 1 is 1.07 bits per heavy atom. The van der Waals surface area contributed by atoms with Crippen LogP contribution in [0.15, 0.2) is 51.8 Å². The molecule has 7 heteroatoms. The summed E-state index contributed by atoms with van der Waals surface area (Å²) in [6, 6.07) is 11.2. The lowest BCUT2D eigenvalue weighted by atomic mass is 9.98. The Morgan fingerprint density at radius 2 is 1.82 bits per heavy atom. The number of amides is 1. The number of ether oxygens (including phenoxy) is 1. The number of benzene rings is 1. The largest absolute Gasteiger partial charge is 0.455 e. The third-order valence-corrected chi connectivity index (χ3v) is 6.49. The molecule has 0 spiro atoms. The molecule has 1 fully saturated rings. The Balaban J connectivity index is 1.42. The van der Waals surface area contributed by atoms with Crippen LogP contribution in [0.1, 0.15) is 54.8 Å². The summed E-state index contributed by atoms with van der Waals surface area (Å²) in [7, 11) is -3.50. The summed E-state index contributed by atoms with van der Waals surface area (Å²) in [5, 5.41) is 2.78. The average Bonchev–Trinajstić information content (AvgIpc) is 3.17. The molecule has 1 aromatic carbocycles. The fourth-order valence-corrected chi connectivity index (χ4v) is 4.59. The van der Waals surface area contributed by atoms with Crippen molar-refractivity contribution in [3.05, 3.63) is 54.0 Å². The van der Waals surface area contributed by atoms with E-state index >= 15 is 0 Å². The standard InChI is InChI=1S/C21H27NO5S/c23-21(22-14-7-15-26-17-8-3-1-4-9-17)20-13-12-18(27-20)16-28(24,25)19-10-5-2-6-11-19/h2,5-6,10-13,17H,1,3-4,7-9,14-16H2,(H,22,23). The van der Waals surface area contributed by atoms with Gasteiger partial charge in [-0.2, -0.15) is 0 Å². The van der Waals surface area contributed by atoms with Crippen LogP contribution in [0.2, 0.25) is 0 Å². The van der Waals surface area contributed by atoms with Crippen molar-refractivity contribution in [2.45, 2.75) is 55.3 Å². The molecule has 1 N–H and O–H groups in total. The number of carbonyl (C=O) groups is 1. The molecule has 152 valence electrons. The molecule has 1 aliphatic carbocycles. The van der Waals surface area contributed by atoms with Gasteiger partial charge in [-0.15, -0.1) is 0 Å². The minimum atomic E-state index is -3.50. The van der Waals surface area contributed by atoms with E-state index in [1.54, 1.807) is 30.3 Å². The molecule has 1 saturated carbocycles. The predicted molar refractivity (Wildman–Crippen MR) is 106 cm³/mol. The van der Waals surface area contributed by atoms with E-state index < -0.39 is 9.84 Å². The van der Waals surface area contributed by atoms with E-state index in [2.05, 4.69) is 5.32 Å². The van der Waals surface area contributed by atoms with E-state index in [1.165, 1.54) is 31.4 Å². The van der Waals surface area contributed by atoms with E-state index in [1.807, 2.05) is 0 Å². The summed E-state index contributed by atoms with van der Waals surface area (Å²) in [6.07, 6.45) is 7.14. The highest BCUT2D eigenvalue weighted by Crippen LogP contribution is 2.20. The number of hydrogen-bond donors (Lipinski definition) is 1. The molecule has 0 bridgehead atoms. The molecule has 1 heterocycles. The van der Waals surface area contributed by atoms with E-state index in [-0.39, 0.29) is 28.1 Å². The molecule has 0 unspecified atom stereocenters. The SMILES string of the molecule is O=C(NCCCOC1CCCCC1)c1ccc(CS(=O)(=O)c2ccccc2)o1. The van der Waals surface area contributed by atoms with Crippen molar-refractivity contribution in [3.63, 3.8) is 0 Å². The fraction of sp³-hybridized carbons (Fsp3) is 0.476. The first-order valence-electron chi connectivity index (χ1n) is 9.81. The quantitative estimate of drug-likeness (QED) is 0.643. The van der Waals surface area contributed by atoms with Crippen LogP contribution >= 0.6 is 0 Å². The first-order chi connectivity index (χ1) is 13.5. The molecular weight excluding hydrogens is 378 g/mol. The molecule has 28 heavy (non-hydrogen) atoms. The fourth-order valence-electron chi connectivity index (χ4n) is 3.32. The Kier molecular flexibility index (Phi) is 7.28. The van der Waals surface area contributed by atoms with Crippen molar-refractivity contribution >= 4 is 15.7 Å². The summed E-state index contributed by atoms with van der Waals surface area (Å²) in [4.78, 5) is 12.4. The molecule has 1 aliphatic rings. The van der Waals surface area contributed by atoms with Crippen LogP contribution in [0.25, 0.3) is 0 Å². The minimum absolute atomic E-state index is 0.117. The summed E-state index contributed by atoms with van der Waals surface area (Å²) in [5.74, 6) is -0.262. The molecule has 3 rings (SSSR count). The summed E-state index contributed by atoms with van der Waals surface area (Å²) >= 11 is 0. The van der Waals surface area contributed by atoms with E-state index in [0.717, 1.165) is 19.3 Å². The zero-order valence-corrected chi connectivity index (χ0v) is 16.7. The molecule has 6 nitrogen and oxygen atoms in total. The summed E-state index contributed by atoms with van der Waals surface area (Å²) < 4.78 is 36.0. The lowest BCUT2D eigenvalue weighted by Crippen LogP contribution is -2.26. The Morgan fingerprint density at radius 3 is 2.57 bits per heavy atom. The van der Waals surface area contributed by atoms with Gasteiger partial charge in [0.2, 0.25) is 0 Å². The van der Waals surface area contributed by atoms with Crippen molar-refractivity contribution < 1.29 is 22.4 Å². The molecule has 0 radical (unpaired) electrons. The van der Waals surface area contributed by atoms with Crippen LogP contribution < -0.4 is 5.32 Å². The zero-order chi connectivity index (χ0) is 19.8. The highest BCUT2D eigenvalue weighted by atomic mass is 32.2. The van der Waals surface area contributed by atoms with Gasteiger partial charge in [-0.1, -0.05) is 37.5 Å². The topological polar surface area (TPSA) is 85.6 Å². The van der Waals surface area contributed by atoms with E-state index in [0.29, 0.717) is 19.3 Å². The van der Waals surface area contributed by atoms with E-state index in [4.69, 9.17) is 9.15 Å². The zero-order valence-electron chi connectivity index (χ0n) is 15.9. The van der Waals surface area contributed by atoms with Gasteiger partial charge in [0.15, 0.2) is 15.6 Å². The van der Waals surface area contributed by atoms with Crippen LogP contribution in [-0.2, 0) is 20.3 Å². The Hall–Kier alpha value is -2.12. The van der Waals surface area contributed by atoms with Gasteiger partial charge in [-0.05, 0) is 43.5 Å². The van der Waals surface area contributed by atoms with Gasteiger partial charge in [0.1, 0.15) is 11.5 Å². The van der Waals surface area contributed by atoms with Gasteiger partial charge in [-0.25, -0.2) is 8.42 Å². The second-order valence-electron chi connectivity index (χ2n) is 7.08. The smallest absolute Gasteiger partial charge is 0.286 e. The third-order valence-electron chi connectivity index (χ3n) is 4.83. The van der Waals surface area contributed by atoms with Crippen molar-refractivity contribution in [1.29, 1.82) is 0 Å². The summed E-state index contributed by atoms with van der Waals surface area (Å²) in [6.45, 7) is 1.12. The number of rotatable bonds is 9. The average molecular weight is 406 g/mol. The van der Waals surface area contributed by atoms with Crippen molar-refractivity contribution in [3.8, 4) is 0 Å². The van der Waals surface area contributed by atoms with Gasteiger partial charge >= 0.3 is 0 Å². The second-order valence-corrected chi connectivity index (χ2v) is 9.07. The van der Waals surface area contributed by atoms with Crippen molar-refractivity contribution in [2.24, 2.45) is 0 Å². The van der Waals surface area contributed by atoms with Gasteiger partial charge in [0.05, 0.1) is 11.0 Å². The maximum absolute atomic E-state index is 12.4. The molecule has 0 saturated heterocycles. The third kappa shape index (κ3) is 5.94. The highest BCUT2D eigenvalue weighted by molar-refractivity contribution is 7.90. The van der Waals surface area contributed by atoms with Gasteiger partial charge in [0, 0.05) is 13.2 Å². The van der Waals surface area contributed by atoms with Crippen molar-refractivity contribution in [2.75, 3.05) is 13.2 Å². The van der Waals surface area contributed by atoms with Crippen LogP contribution in [0.4, 0.5) is 0 Å². The highest BCUT2D eigenvalue weighted by Gasteiger charge is 2.19. The number of sulfone groups is 1. The Labute approximate surface area is 166 Å². The van der Waals surface area contributed by atoms with Crippen LogP contribution in [0, 0.1) is 0 Å². The maximum atomic E-state index is 12.4. The van der Waals surface area contributed by atoms with Crippen molar-refractivity contribution in [1.82, 2.24) is 5.32 Å². The van der Waals surface area contributed by atoms with E-state index in [9.17, 15) is 13.2 Å². The molecule has 0 aliphatic heterocycles. The van der Waals surface area contributed by atoms with Crippen LogP contribution in [0.5, 0.6) is 0 Å². The second kappa shape index (κ2) is 9.89. The number of hydrogen-bond acceptors (Lipinski definition) is 5. The minimum Gasteiger partial charge on any atom is -0.455 e. The predicted octanol–water partition coefficient (Wildman–Crippen LogP) is 3.72. The molecule has 1 aromatic heterocycles. The van der Waals surface area contributed by atoms with Gasteiger partial charge < -0.3 is 14.5 Å². The number of furan rings is 1. The van der Waals surface area contributed by atoms with Crippen LogP contribution in [-0.4, -0.2) is 33.6 Å². The number of carbonyl (C=O) groups excluding carboxylic acids is 1. The normalized spacial score (nSPS) is 15.4. The Bertz CT molecular complexity index is 854. The van der Waals surface area contributed by atoms with Crippen LogP contribution in [0.3, 0.4) is 0 Å². The summed E-state index contributed by atoms with van der Waals surface area (Å²) in [5.41, 5.74) is 0. The lowest BCUT2D eigenvalue weighted by molar-refractivity contribution is 0.0273. The maximum Gasteiger partial charge on any atom is 0.286 e. The monoisotopic (exact) mass is 405 g/mol. The molecule has 1 amide bonds. The first kappa shape index (κ1) is 20.6. The molecule has 0 atom stereocenters. The van der Waals surface area contributed by atoms with Gasteiger partial charge in [0.25, 0.3) is 5.91 Å². The number of nitrogens with one attached hydrogen (secondary N) is 1. The first-order valence-corrected chi connectivity index (χ1v) is 11.5.